The SMILES string of the molecule is O=C(Cc1cccc(Cl)c1)Nc1ccc(C(=O)O)cc1. The number of hydrogen-bond donors (Lipinski definition) is 2. The molecule has 4 nitrogen and oxygen atoms in total. The van der Waals surface area contributed by atoms with Gasteiger partial charge in [-0.15, -0.1) is 0 Å². The van der Waals surface area contributed by atoms with E-state index in [1.807, 2.05) is 6.07 Å². The first-order chi connectivity index (χ1) is 9.54. The molecule has 0 unspecified atom stereocenters. The van der Waals surface area contributed by atoms with Crippen LogP contribution in [0.1, 0.15) is 15.9 Å². The zero-order valence-corrected chi connectivity index (χ0v) is 11.2. The summed E-state index contributed by atoms with van der Waals surface area (Å²) in [5, 5.41) is 12.1. The molecule has 2 rings (SSSR count). The van der Waals surface area contributed by atoms with Crippen LogP contribution in [0, 0.1) is 0 Å². The lowest BCUT2D eigenvalue weighted by Crippen LogP contribution is -2.14. The van der Waals surface area contributed by atoms with Crippen molar-refractivity contribution in [3.63, 3.8) is 0 Å². The van der Waals surface area contributed by atoms with E-state index in [9.17, 15) is 9.59 Å². The molecule has 2 aromatic carbocycles. The highest BCUT2D eigenvalue weighted by molar-refractivity contribution is 6.30. The molecular formula is C15H12ClNO3. The Morgan fingerprint density at radius 3 is 2.40 bits per heavy atom. The molecule has 0 saturated heterocycles. The normalized spacial score (nSPS) is 10.1. The summed E-state index contributed by atoms with van der Waals surface area (Å²) in [5.41, 5.74) is 1.55. The van der Waals surface area contributed by atoms with Crippen molar-refractivity contribution in [3.05, 3.63) is 64.7 Å². The van der Waals surface area contributed by atoms with Crippen LogP contribution in [-0.2, 0) is 11.2 Å². The van der Waals surface area contributed by atoms with Crippen LogP contribution in [0.2, 0.25) is 5.02 Å². The van der Waals surface area contributed by atoms with E-state index in [-0.39, 0.29) is 17.9 Å². The number of nitrogens with one attached hydrogen (secondary N) is 1. The van der Waals surface area contributed by atoms with Crippen molar-refractivity contribution in [2.24, 2.45) is 0 Å². The lowest BCUT2D eigenvalue weighted by molar-refractivity contribution is -0.115. The van der Waals surface area contributed by atoms with E-state index in [1.165, 1.54) is 12.1 Å². The molecule has 0 radical (unpaired) electrons. The van der Waals surface area contributed by atoms with Gasteiger partial charge in [0.2, 0.25) is 5.91 Å². The molecule has 0 atom stereocenters. The lowest BCUT2D eigenvalue weighted by atomic mass is 10.1. The Morgan fingerprint density at radius 2 is 1.80 bits per heavy atom. The van der Waals surface area contributed by atoms with Gasteiger partial charge in [0.05, 0.1) is 12.0 Å². The molecule has 0 aliphatic heterocycles. The third-order valence-corrected chi connectivity index (χ3v) is 2.90. The fraction of sp³-hybridized carbons (Fsp3) is 0.0667. The van der Waals surface area contributed by atoms with Gasteiger partial charge in [0, 0.05) is 10.7 Å². The van der Waals surface area contributed by atoms with Gasteiger partial charge in [-0.05, 0) is 42.0 Å². The van der Waals surface area contributed by atoms with Crippen molar-refractivity contribution in [2.45, 2.75) is 6.42 Å². The molecule has 5 heteroatoms. The topological polar surface area (TPSA) is 66.4 Å². The molecular weight excluding hydrogens is 278 g/mol. The quantitative estimate of drug-likeness (QED) is 0.908. The summed E-state index contributed by atoms with van der Waals surface area (Å²) in [7, 11) is 0. The van der Waals surface area contributed by atoms with E-state index in [0.717, 1.165) is 5.56 Å². The molecule has 0 aliphatic carbocycles. The molecule has 0 saturated carbocycles. The Labute approximate surface area is 121 Å². The number of carboxylic acids is 1. The van der Waals surface area contributed by atoms with E-state index in [0.29, 0.717) is 10.7 Å². The summed E-state index contributed by atoms with van der Waals surface area (Å²) in [5.74, 6) is -1.18. The van der Waals surface area contributed by atoms with Crippen molar-refractivity contribution < 1.29 is 14.7 Å². The Balaban J connectivity index is 1.99. The van der Waals surface area contributed by atoms with E-state index in [4.69, 9.17) is 16.7 Å². The highest BCUT2D eigenvalue weighted by Crippen LogP contribution is 2.13. The number of hydrogen-bond acceptors (Lipinski definition) is 2. The minimum Gasteiger partial charge on any atom is -0.478 e. The van der Waals surface area contributed by atoms with Gasteiger partial charge in [-0.3, -0.25) is 4.79 Å². The molecule has 0 aromatic heterocycles. The number of carbonyl (C=O) groups is 2. The summed E-state index contributed by atoms with van der Waals surface area (Å²) >= 11 is 5.85. The summed E-state index contributed by atoms with van der Waals surface area (Å²) in [6.07, 6.45) is 0.210. The van der Waals surface area contributed by atoms with Gasteiger partial charge in [-0.1, -0.05) is 23.7 Å². The number of amides is 1. The highest BCUT2D eigenvalue weighted by Gasteiger charge is 2.06. The molecule has 0 heterocycles. The molecule has 0 fully saturated rings. The molecule has 2 aromatic rings. The van der Waals surface area contributed by atoms with Crippen LogP contribution in [0.15, 0.2) is 48.5 Å². The number of aromatic carboxylic acids is 1. The van der Waals surface area contributed by atoms with Crippen LogP contribution in [0.5, 0.6) is 0 Å². The zero-order chi connectivity index (χ0) is 14.5. The number of carboxylic acid groups (broad SMARTS) is 1. The molecule has 0 spiro atoms. The second-order valence-corrected chi connectivity index (χ2v) is 4.67. The molecule has 0 bridgehead atoms. The smallest absolute Gasteiger partial charge is 0.335 e. The van der Waals surface area contributed by atoms with E-state index < -0.39 is 5.97 Å². The van der Waals surface area contributed by atoms with Crippen LogP contribution < -0.4 is 5.32 Å². The van der Waals surface area contributed by atoms with Crippen LogP contribution in [0.3, 0.4) is 0 Å². The Bertz CT molecular complexity index is 638. The van der Waals surface area contributed by atoms with Gasteiger partial charge < -0.3 is 10.4 Å². The second kappa shape index (κ2) is 6.21. The Hall–Kier alpha value is -2.33. The van der Waals surface area contributed by atoms with Crippen molar-refractivity contribution in [3.8, 4) is 0 Å². The van der Waals surface area contributed by atoms with E-state index in [2.05, 4.69) is 5.32 Å². The van der Waals surface area contributed by atoms with Crippen LogP contribution >= 0.6 is 11.6 Å². The first-order valence-electron chi connectivity index (χ1n) is 5.92. The van der Waals surface area contributed by atoms with Crippen LogP contribution in [0.4, 0.5) is 5.69 Å². The van der Waals surface area contributed by atoms with Gasteiger partial charge in [-0.2, -0.15) is 0 Å². The molecule has 1 amide bonds. The number of carbonyl (C=O) groups excluding carboxylic acids is 1. The van der Waals surface area contributed by atoms with E-state index in [1.54, 1.807) is 30.3 Å². The van der Waals surface area contributed by atoms with Crippen molar-refractivity contribution in [1.82, 2.24) is 0 Å². The maximum Gasteiger partial charge on any atom is 0.335 e. The van der Waals surface area contributed by atoms with Crippen LogP contribution in [-0.4, -0.2) is 17.0 Å². The molecule has 0 aliphatic rings. The third-order valence-electron chi connectivity index (χ3n) is 2.67. The highest BCUT2D eigenvalue weighted by atomic mass is 35.5. The second-order valence-electron chi connectivity index (χ2n) is 4.24. The summed E-state index contributed by atoms with van der Waals surface area (Å²) in [6, 6.07) is 13.1. The third kappa shape index (κ3) is 3.83. The fourth-order valence-electron chi connectivity index (χ4n) is 1.73. The molecule has 102 valence electrons. The fourth-order valence-corrected chi connectivity index (χ4v) is 1.95. The first kappa shape index (κ1) is 14.1. The van der Waals surface area contributed by atoms with Gasteiger partial charge in [0.25, 0.3) is 0 Å². The Kier molecular flexibility index (Phi) is 4.38. The van der Waals surface area contributed by atoms with Gasteiger partial charge in [-0.25, -0.2) is 4.79 Å². The number of rotatable bonds is 4. The lowest BCUT2D eigenvalue weighted by Gasteiger charge is -2.06. The van der Waals surface area contributed by atoms with Crippen molar-refractivity contribution in [1.29, 1.82) is 0 Å². The monoisotopic (exact) mass is 289 g/mol. The van der Waals surface area contributed by atoms with E-state index >= 15 is 0 Å². The predicted molar refractivity (Wildman–Crippen MR) is 77.2 cm³/mol. The first-order valence-corrected chi connectivity index (χ1v) is 6.30. The minimum absolute atomic E-state index is 0.179. The largest absolute Gasteiger partial charge is 0.478 e. The number of benzene rings is 2. The number of anilines is 1. The summed E-state index contributed by atoms with van der Waals surface area (Å²) in [6.45, 7) is 0. The van der Waals surface area contributed by atoms with Crippen LogP contribution in [0.25, 0.3) is 0 Å². The maximum atomic E-state index is 11.8. The standard InChI is InChI=1S/C15H12ClNO3/c16-12-3-1-2-10(8-12)9-14(18)17-13-6-4-11(5-7-13)15(19)20/h1-8H,9H2,(H,17,18)(H,19,20). The summed E-state index contributed by atoms with van der Waals surface area (Å²) in [4.78, 5) is 22.5. The van der Waals surface area contributed by atoms with Crippen molar-refractivity contribution >= 4 is 29.2 Å². The maximum absolute atomic E-state index is 11.8. The molecule has 20 heavy (non-hydrogen) atoms. The average molecular weight is 290 g/mol. The van der Waals surface area contributed by atoms with Gasteiger partial charge >= 0.3 is 5.97 Å². The number of halogens is 1. The predicted octanol–water partition coefficient (Wildman–Crippen LogP) is 3.22. The summed E-state index contributed by atoms with van der Waals surface area (Å²) < 4.78 is 0. The van der Waals surface area contributed by atoms with Gasteiger partial charge in [0.15, 0.2) is 0 Å². The Morgan fingerprint density at radius 1 is 1.10 bits per heavy atom. The van der Waals surface area contributed by atoms with Gasteiger partial charge in [0.1, 0.15) is 0 Å². The van der Waals surface area contributed by atoms with Crippen molar-refractivity contribution in [2.75, 3.05) is 5.32 Å². The molecule has 2 N–H and O–H groups in total. The minimum atomic E-state index is -0.998. The zero-order valence-electron chi connectivity index (χ0n) is 10.5. The average Bonchev–Trinajstić information content (AvgIpc) is 2.39.